The Morgan fingerprint density at radius 2 is 2.36 bits per heavy atom. The van der Waals surface area contributed by atoms with E-state index in [1.165, 1.54) is 6.08 Å². The molecule has 0 aliphatic heterocycles. The SMILES string of the molecule is CCOC(=O)/C=C/c1cccc(C)n1. The van der Waals surface area contributed by atoms with Crippen LogP contribution in [0, 0.1) is 6.92 Å². The van der Waals surface area contributed by atoms with Crippen molar-refractivity contribution in [2.24, 2.45) is 0 Å². The van der Waals surface area contributed by atoms with Crippen LogP contribution in [0.5, 0.6) is 0 Å². The second-order valence-corrected chi connectivity index (χ2v) is 2.79. The van der Waals surface area contributed by atoms with Crippen molar-refractivity contribution in [3.8, 4) is 0 Å². The van der Waals surface area contributed by atoms with Crippen LogP contribution in [0.2, 0.25) is 0 Å². The first-order valence-electron chi connectivity index (χ1n) is 4.51. The van der Waals surface area contributed by atoms with Gasteiger partial charge in [-0.15, -0.1) is 0 Å². The first-order valence-corrected chi connectivity index (χ1v) is 4.51. The van der Waals surface area contributed by atoms with Crippen LogP contribution in [0.3, 0.4) is 0 Å². The lowest BCUT2D eigenvalue weighted by Gasteiger charge is -1.96. The standard InChI is InChI=1S/C11H13NO2/c1-3-14-11(13)8-7-10-6-4-5-9(2)12-10/h4-8H,3H2,1-2H3/b8-7+. The van der Waals surface area contributed by atoms with Gasteiger partial charge in [0.1, 0.15) is 0 Å². The lowest BCUT2D eigenvalue weighted by molar-refractivity contribution is -0.137. The summed E-state index contributed by atoms with van der Waals surface area (Å²) in [5, 5.41) is 0. The molecule has 0 bridgehead atoms. The molecule has 0 saturated carbocycles. The molecular formula is C11H13NO2. The fourth-order valence-electron chi connectivity index (χ4n) is 1.00. The van der Waals surface area contributed by atoms with Crippen molar-refractivity contribution >= 4 is 12.0 Å². The molecule has 0 spiro atoms. The molecule has 3 heteroatoms. The van der Waals surface area contributed by atoms with Crippen LogP contribution in [0.4, 0.5) is 0 Å². The van der Waals surface area contributed by atoms with Gasteiger partial charge in [0.05, 0.1) is 12.3 Å². The summed E-state index contributed by atoms with van der Waals surface area (Å²) in [6.07, 6.45) is 3.02. The molecule has 0 N–H and O–H groups in total. The van der Waals surface area contributed by atoms with Crippen molar-refractivity contribution in [1.82, 2.24) is 4.98 Å². The van der Waals surface area contributed by atoms with Crippen molar-refractivity contribution in [2.45, 2.75) is 13.8 Å². The van der Waals surface area contributed by atoms with Crippen LogP contribution in [0.1, 0.15) is 18.3 Å². The minimum Gasteiger partial charge on any atom is -0.463 e. The predicted molar refractivity (Wildman–Crippen MR) is 54.6 cm³/mol. The zero-order chi connectivity index (χ0) is 10.4. The predicted octanol–water partition coefficient (Wildman–Crippen LogP) is 1.97. The third kappa shape index (κ3) is 3.39. The average molecular weight is 191 g/mol. The lowest BCUT2D eigenvalue weighted by Crippen LogP contribution is -1.98. The van der Waals surface area contributed by atoms with Gasteiger partial charge in [0.2, 0.25) is 0 Å². The maximum absolute atomic E-state index is 11.0. The van der Waals surface area contributed by atoms with Crippen molar-refractivity contribution in [2.75, 3.05) is 6.61 Å². The number of esters is 1. The summed E-state index contributed by atoms with van der Waals surface area (Å²) < 4.78 is 4.74. The fraction of sp³-hybridized carbons (Fsp3) is 0.273. The number of aryl methyl sites for hydroxylation is 1. The summed E-state index contributed by atoms with van der Waals surface area (Å²) in [4.78, 5) is 15.2. The van der Waals surface area contributed by atoms with E-state index in [9.17, 15) is 4.79 Å². The molecule has 1 heterocycles. The molecule has 0 aromatic carbocycles. The van der Waals surface area contributed by atoms with Gasteiger partial charge in [-0.3, -0.25) is 4.98 Å². The average Bonchev–Trinajstić information content (AvgIpc) is 2.15. The Balaban J connectivity index is 2.64. The molecule has 0 fully saturated rings. The molecule has 74 valence electrons. The van der Waals surface area contributed by atoms with E-state index in [-0.39, 0.29) is 5.97 Å². The van der Waals surface area contributed by atoms with E-state index in [2.05, 4.69) is 4.98 Å². The van der Waals surface area contributed by atoms with Gasteiger partial charge < -0.3 is 4.74 Å². The summed E-state index contributed by atoms with van der Waals surface area (Å²) in [6, 6.07) is 5.64. The number of hydrogen-bond acceptors (Lipinski definition) is 3. The molecule has 0 saturated heterocycles. The second kappa shape index (κ2) is 5.17. The van der Waals surface area contributed by atoms with E-state index < -0.39 is 0 Å². The highest BCUT2D eigenvalue weighted by atomic mass is 16.5. The van der Waals surface area contributed by atoms with Crippen LogP contribution in [0.25, 0.3) is 6.08 Å². The van der Waals surface area contributed by atoms with E-state index in [4.69, 9.17) is 4.74 Å². The van der Waals surface area contributed by atoms with Gasteiger partial charge in [-0.2, -0.15) is 0 Å². The number of rotatable bonds is 3. The molecule has 0 aliphatic rings. The molecule has 1 aromatic heterocycles. The Kier molecular flexibility index (Phi) is 3.85. The lowest BCUT2D eigenvalue weighted by atomic mass is 10.3. The van der Waals surface area contributed by atoms with Crippen LogP contribution in [0.15, 0.2) is 24.3 Å². The monoisotopic (exact) mass is 191 g/mol. The second-order valence-electron chi connectivity index (χ2n) is 2.79. The van der Waals surface area contributed by atoms with Crippen LogP contribution < -0.4 is 0 Å². The summed E-state index contributed by atoms with van der Waals surface area (Å²) in [7, 11) is 0. The molecule has 0 atom stereocenters. The maximum atomic E-state index is 11.0. The molecular weight excluding hydrogens is 178 g/mol. The smallest absolute Gasteiger partial charge is 0.330 e. The third-order valence-corrected chi connectivity index (χ3v) is 1.59. The van der Waals surface area contributed by atoms with Gasteiger partial charge in [0.25, 0.3) is 0 Å². The Morgan fingerprint density at radius 1 is 1.57 bits per heavy atom. The highest BCUT2D eigenvalue weighted by Gasteiger charge is 1.94. The number of carbonyl (C=O) groups excluding carboxylic acids is 1. The van der Waals surface area contributed by atoms with Gasteiger partial charge in [-0.1, -0.05) is 6.07 Å². The Bertz CT molecular complexity index is 345. The van der Waals surface area contributed by atoms with Crippen LogP contribution in [-0.2, 0) is 9.53 Å². The van der Waals surface area contributed by atoms with Gasteiger partial charge in [0, 0.05) is 11.8 Å². The normalized spacial score (nSPS) is 10.4. The van der Waals surface area contributed by atoms with Crippen molar-refractivity contribution < 1.29 is 9.53 Å². The number of pyridine rings is 1. The molecule has 0 unspecified atom stereocenters. The van der Waals surface area contributed by atoms with E-state index in [0.29, 0.717) is 6.61 Å². The van der Waals surface area contributed by atoms with Gasteiger partial charge in [-0.25, -0.2) is 4.79 Å². The summed E-state index contributed by atoms with van der Waals surface area (Å²) in [5.74, 6) is -0.337. The minimum absolute atomic E-state index is 0.337. The van der Waals surface area contributed by atoms with E-state index in [1.54, 1.807) is 13.0 Å². The zero-order valence-corrected chi connectivity index (χ0v) is 8.36. The topological polar surface area (TPSA) is 39.2 Å². The maximum Gasteiger partial charge on any atom is 0.330 e. The van der Waals surface area contributed by atoms with E-state index in [0.717, 1.165) is 11.4 Å². The Hall–Kier alpha value is -1.64. The van der Waals surface area contributed by atoms with Crippen molar-refractivity contribution in [1.29, 1.82) is 0 Å². The third-order valence-electron chi connectivity index (χ3n) is 1.59. The molecule has 0 radical (unpaired) electrons. The first kappa shape index (κ1) is 10.4. The fourth-order valence-corrected chi connectivity index (χ4v) is 1.00. The number of nitrogens with zero attached hydrogens (tertiary/aromatic N) is 1. The van der Waals surface area contributed by atoms with E-state index >= 15 is 0 Å². The van der Waals surface area contributed by atoms with Crippen LogP contribution in [-0.4, -0.2) is 17.6 Å². The zero-order valence-electron chi connectivity index (χ0n) is 8.36. The number of carbonyl (C=O) groups is 1. The van der Waals surface area contributed by atoms with Crippen LogP contribution >= 0.6 is 0 Å². The quantitative estimate of drug-likeness (QED) is 0.541. The largest absolute Gasteiger partial charge is 0.463 e. The molecule has 0 aliphatic carbocycles. The van der Waals surface area contributed by atoms with E-state index in [1.807, 2.05) is 25.1 Å². The highest BCUT2D eigenvalue weighted by molar-refractivity contribution is 5.86. The van der Waals surface area contributed by atoms with Crippen molar-refractivity contribution in [3.05, 3.63) is 35.7 Å². The van der Waals surface area contributed by atoms with Gasteiger partial charge >= 0.3 is 5.97 Å². The summed E-state index contributed by atoms with van der Waals surface area (Å²) >= 11 is 0. The minimum atomic E-state index is -0.337. The summed E-state index contributed by atoms with van der Waals surface area (Å²) in [5.41, 5.74) is 1.69. The number of aromatic nitrogens is 1. The molecule has 14 heavy (non-hydrogen) atoms. The number of ether oxygens (including phenoxy) is 1. The highest BCUT2D eigenvalue weighted by Crippen LogP contribution is 2.00. The Labute approximate surface area is 83.4 Å². The number of hydrogen-bond donors (Lipinski definition) is 0. The first-order chi connectivity index (χ1) is 6.72. The van der Waals surface area contributed by atoms with Crippen molar-refractivity contribution in [3.63, 3.8) is 0 Å². The molecule has 0 amide bonds. The molecule has 1 aromatic rings. The molecule has 3 nitrogen and oxygen atoms in total. The Morgan fingerprint density at radius 3 is 3.00 bits per heavy atom. The van der Waals surface area contributed by atoms with Gasteiger partial charge in [-0.05, 0) is 32.1 Å². The molecule has 1 rings (SSSR count). The van der Waals surface area contributed by atoms with Gasteiger partial charge in [0.15, 0.2) is 0 Å². The summed E-state index contributed by atoms with van der Waals surface area (Å²) in [6.45, 7) is 4.07.